The molecule has 0 aromatic heterocycles. The summed E-state index contributed by atoms with van der Waals surface area (Å²) in [6.45, 7) is -2.87. The van der Waals surface area contributed by atoms with Crippen LogP contribution in [-0.2, 0) is 16.0 Å². The van der Waals surface area contributed by atoms with E-state index < -0.39 is 18.1 Å². The van der Waals surface area contributed by atoms with Crippen LogP contribution in [0.5, 0.6) is 5.75 Å². The number of carbonyl (C=O) groups is 2. The largest absolute Gasteiger partial charge is 0.480 e. The summed E-state index contributed by atoms with van der Waals surface area (Å²) >= 11 is 0. The van der Waals surface area contributed by atoms with Gasteiger partial charge in [-0.25, -0.2) is 4.79 Å². The Morgan fingerprint density at radius 1 is 1.27 bits per heavy atom. The van der Waals surface area contributed by atoms with E-state index in [-0.39, 0.29) is 18.1 Å². The number of carboxylic acid groups (broad SMARTS) is 1. The number of alkyl halides is 2. The van der Waals surface area contributed by atoms with Crippen LogP contribution in [0.15, 0.2) is 24.3 Å². The average Bonchev–Trinajstić information content (AvgIpc) is 2.41. The fourth-order valence-corrected chi connectivity index (χ4v) is 2.35. The molecule has 1 aromatic carbocycles. The molecular weight excluding hydrogens is 296 g/mol. The Kier molecular flexibility index (Phi) is 4.95. The Morgan fingerprint density at radius 3 is 2.36 bits per heavy atom. The minimum atomic E-state index is -2.87. The summed E-state index contributed by atoms with van der Waals surface area (Å²) < 4.78 is 28.3. The van der Waals surface area contributed by atoms with Crippen molar-refractivity contribution in [2.75, 3.05) is 0 Å². The summed E-state index contributed by atoms with van der Waals surface area (Å²) in [6.07, 6.45) is 2.24. The lowest BCUT2D eigenvalue weighted by atomic mass is 9.76. The second kappa shape index (κ2) is 6.72. The van der Waals surface area contributed by atoms with Crippen LogP contribution >= 0.6 is 0 Å². The van der Waals surface area contributed by atoms with Gasteiger partial charge in [0.2, 0.25) is 5.91 Å². The van der Waals surface area contributed by atoms with Gasteiger partial charge in [0.05, 0.1) is 0 Å². The molecule has 0 heterocycles. The molecule has 2 N–H and O–H groups in total. The molecule has 7 heteroatoms. The summed E-state index contributed by atoms with van der Waals surface area (Å²) in [7, 11) is 0. The van der Waals surface area contributed by atoms with E-state index in [0.29, 0.717) is 19.3 Å². The van der Waals surface area contributed by atoms with Crippen LogP contribution in [-0.4, -0.2) is 29.1 Å². The Bertz CT molecular complexity index is 541. The molecule has 5 nitrogen and oxygen atoms in total. The van der Waals surface area contributed by atoms with Gasteiger partial charge in [-0.2, -0.15) is 8.78 Å². The molecule has 0 saturated heterocycles. The molecule has 0 radical (unpaired) electrons. The number of benzene rings is 1. The molecule has 0 atom stereocenters. The summed E-state index contributed by atoms with van der Waals surface area (Å²) in [5, 5.41) is 11.7. The molecule has 1 aliphatic carbocycles. The lowest BCUT2D eigenvalue weighted by molar-refractivity contribution is -0.151. The maximum absolute atomic E-state index is 12.0. The molecule has 120 valence electrons. The molecule has 0 aliphatic heterocycles. The third-order valence-corrected chi connectivity index (χ3v) is 3.78. The first-order valence-corrected chi connectivity index (χ1v) is 6.99. The van der Waals surface area contributed by atoms with Gasteiger partial charge in [-0.1, -0.05) is 12.1 Å². The van der Waals surface area contributed by atoms with Crippen molar-refractivity contribution in [3.8, 4) is 5.75 Å². The molecule has 0 unspecified atom stereocenters. The molecule has 1 saturated carbocycles. The van der Waals surface area contributed by atoms with Crippen LogP contribution in [0.25, 0.3) is 0 Å². The molecule has 1 aliphatic rings. The van der Waals surface area contributed by atoms with Gasteiger partial charge in [0, 0.05) is 6.42 Å². The van der Waals surface area contributed by atoms with Crippen molar-refractivity contribution in [2.45, 2.75) is 44.3 Å². The van der Waals surface area contributed by atoms with Gasteiger partial charge in [0.1, 0.15) is 11.3 Å². The summed E-state index contributed by atoms with van der Waals surface area (Å²) in [6, 6.07) is 6.01. The maximum Gasteiger partial charge on any atom is 0.387 e. The Labute approximate surface area is 126 Å². The first kappa shape index (κ1) is 16.2. The van der Waals surface area contributed by atoms with E-state index in [0.717, 1.165) is 12.0 Å². The molecule has 2 rings (SSSR count). The predicted octanol–water partition coefficient (Wildman–Crippen LogP) is 2.34. The minimum Gasteiger partial charge on any atom is -0.480 e. The van der Waals surface area contributed by atoms with E-state index in [4.69, 9.17) is 5.11 Å². The predicted molar refractivity (Wildman–Crippen MR) is 73.8 cm³/mol. The molecule has 0 spiro atoms. The highest BCUT2D eigenvalue weighted by Crippen LogP contribution is 2.32. The Morgan fingerprint density at radius 2 is 1.91 bits per heavy atom. The molecule has 1 fully saturated rings. The Hall–Kier alpha value is -2.18. The fourth-order valence-electron chi connectivity index (χ4n) is 2.35. The Balaban J connectivity index is 1.82. The zero-order chi connectivity index (χ0) is 16.2. The first-order chi connectivity index (χ1) is 10.4. The molecule has 1 amide bonds. The van der Waals surface area contributed by atoms with E-state index in [9.17, 15) is 18.4 Å². The van der Waals surface area contributed by atoms with Crippen molar-refractivity contribution in [3.05, 3.63) is 29.8 Å². The average molecular weight is 313 g/mol. The summed E-state index contributed by atoms with van der Waals surface area (Å²) in [5.41, 5.74) is -0.318. The summed E-state index contributed by atoms with van der Waals surface area (Å²) in [5.74, 6) is -1.27. The van der Waals surface area contributed by atoms with E-state index in [2.05, 4.69) is 10.1 Å². The van der Waals surface area contributed by atoms with Gasteiger partial charge < -0.3 is 15.2 Å². The zero-order valence-corrected chi connectivity index (χ0v) is 11.9. The van der Waals surface area contributed by atoms with Crippen molar-refractivity contribution in [3.63, 3.8) is 0 Å². The van der Waals surface area contributed by atoms with Crippen LogP contribution in [0.4, 0.5) is 8.78 Å². The topological polar surface area (TPSA) is 75.6 Å². The van der Waals surface area contributed by atoms with Crippen LogP contribution in [0, 0.1) is 0 Å². The third kappa shape index (κ3) is 3.93. The second-order valence-corrected chi connectivity index (χ2v) is 5.31. The van der Waals surface area contributed by atoms with Gasteiger partial charge in [-0.15, -0.1) is 0 Å². The number of hydrogen-bond donors (Lipinski definition) is 2. The second-order valence-electron chi connectivity index (χ2n) is 5.31. The zero-order valence-electron chi connectivity index (χ0n) is 11.9. The van der Waals surface area contributed by atoms with E-state index >= 15 is 0 Å². The number of carboxylic acids is 1. The fraction of sp³-hybridized carbons (Fsp3) is 0.467. The molecule has 1 aromatic rings. The quantitative estimate of drug-likeness (QED) is 0.810. The number of amides is 1. The highest BCUT2D eigenvalue weighted by Gasteiger charge is 2.45. The number of aryl methyl sites for hydroxylation is 1. The first-order valence-electron chi connectivity index (χ1n) is 6.99. The van der Waals surface area contributed by atoms with Gasteiger partial charge in [-0.05, 0) is 43.4 Å². The third-order valence-electron chi connectivity index (χ3n) is 3.78. The van der Waals surface area contributed by atoms with Crippen LogP contribution in [0.2, 0.25) is 0 Å². The number of carbonyl (C=O) groups excluding carboxylic acids is 1. The number of hydrogen-bond acceptors (Lipinski definition) is 3. The van der Waals surface area contributed by atoms with Gasteiger partial charge in [0.25, 0.3) is 0 Å². The highest BCUT2D eigenvalue weighted by atomic mass is 19.3. The van der Waals surface area contributed by atoms with Gasteiger partial charge >= 0.3 is 12.6 Å². The smallest absolute Gasteiger partial charge is 0.387 e. The van der Waals surface area contributed by atoms with Crippen molar-refractivity contribution >= 4 is 11.9 Å². The lowest BCUT2D eigenvalue weighted by Crippen LogP contribution is -2.59. The van der Waals surface area contributed by atoms with Crippen LogP contribution < -0.4 is 10.1 Å². The molecular formula is C15H17F2NO4. The van der Waals surface area contributed by atoms with E-state index in [1.807, 2.05) is 0 Å². The minimum absolute atomic E-state index is 0.0579. The summed E-state index contributed by atoms with van der Waals surface area (Å²) in [4.78, 5) is 23.0. The number of nitrogens with one attached hydrogen (secondary N) is 1. The molecule has 22 heavy (non-hydrogen) atoms. The van der Waals surface area contributed by atoms with Crippen LogP contribution in [0.3, 0.4) is 0 Å². The lowest BCUT2D eigenvalue weighted by Gasteiger charge is -2.38. The highest BCUT2D eigenvalue weighted by molar-refractivity contribution is 5.87. The number of rotatable bonds is 7. The number of halogens is 2. The monoisotopic (exact) mass is 313 g/mol. The van der Waals surface area contributed by atoms with Gasteiger partial charge in [-0.3, -0.25) is 4.79 Å². The number of ether oxygens (including phenoxy) is 1. The van der Waals surface area contributed by atoms with Crippen molar-refractivity contribution < 1.29 is 28.2 Å². The number of aliphatic carboxylic acids is 1. The normalized spacial score (nSPS) is 16.0. The molecule has 0 bridgehead atoms. The van der Waals surface area contributed by atoms with E-state index in [1.54, 1.807) is 12.1 Å². The maximum atomic E-state index is 12.0. The standard InChI is InChI=1S/C15H17F2NO4/c16-14(17)22-11-5-2-10(3-6-11)4-7-12(19)18-15(13(20)21)8-1-9-15/h2-3,5-6,14H,1,4,7-9H2,(H,18,19)(H,20,21). The van der Waals surface area contributed by atoms with Crippen molar-refractivity contribution in [1.29, 1.82) is 0 Å². The van der Waals surface area contributed by atoms with Crippen molar-refractivity contribution in [2.24, 2.45) is 0 Å². The van der Waals surface area contributed by atoms with E-state index in [1.165, 1.54) is 12.1 Å². The van der Waals surface area contributed by atoms with Gasteiger partial charge in [0.15, 0.2) is 0 Å². The SMILES string of the molecule is O=C(CCc1ccc(OC(F)F)cc1)NC1(C(=O)O)CCC1. The van der Waals surface area contributed by atoms with Crippen LogP contribution in [0.1, 0.15) is 31.2 Å². The van der Waals surface area contributed by atoms with Crippen molar-refractivity contribution in [1.82, 2.24) is 5.32 Å².